The lowest BCUT2D eigenvalue weighted by Gasteiger charge is -2.30. The maximum atomic E-state index is 13.4. The molecule has 2 aromatic carbocycles. The highest BCUT2D eigenvalue weighted by Crippen LogP contribution is 2.33. The quantitative estimate of drug-likeness (QED) is 0.563. The Morgan fingerprint density at radius 1 is 1.19 bits per heavy atom. The molecule has 164 valence electrons. The molecule has 1 aromatic heterocycles. The Morgan fingerprint density at radius 3 is 2.52 bits per heavy atom. The Bertz CT molecular complexity index is 1050. The van der Waals surface area contributed by atoms with Crippen molar-refractivity contribution in [2.45, 2.75) is 26.1 Å². The Labute approximate surface area is 187 Å². The van der Waals surface area contributed by atoms with E-state index in [1.165, 1.54) is 12.1 Å². The van der Waals surface area contributed by atoms with Gasteiger partial charge in [0.1, 0.15) is 29.2 Å². The molecule has 0 unspecified atom stereocenters. The van der Waals surface area contributed by atoms with Crippen molar-refractivity contribution in [2.24, 2.45) is 5.73 Å². The van der Waals surface area contributed by atoms with Crippen LogP contribution in [0.25, 0.3) is 11.3 Å². The van der Waals surface area contributed by atoms with Crippen LogP contribution in [-0.4, -0.2) is 44.7 Å². The van der Waals surface area contributed by atoms with Gasteiger partial charge >= 0.3 is 0 Å². The van der Waals surface area contributed by atoms with Crippen LogP contribution in [0.15, 0.2) is 48.5 Å². The lowest BCUT2D eigenvalue weighted by Crippen LogP contribution is -2.48. The van der Waals surface area contributed by atoms with Crippen molar-refractivity contribution in [3.63, 3.8) is 0 Å². The van der Waals surface area contributed by atoms with E-state index in [9.17, 15) is 14.3 Å². The highest BCUT2D eigenvalue weighted by atomic mass is 32.1. The number of aliphatic hydroxyl groups excluding tert-OH is 1. The van der Waals surface area contributed by atoms with Crippen molar-refractivity contribution in [2.75, 3.05) is 18.5 Å². The third-order valence-corrected chi connectivity index (χ3v) is 5.23. The number of nitrogens with two attached hydrogens (primary N) is 1. The van der Waals surface area contributed by atoms with Crippen LogP contribution in [0, 0.1) is 12.7 Å². The van der Waals surface area contributed by atoms with Crippen LogP contribution in [-0.2, 0) is 17.9 Å². The highest BCUT2D eigenvalue weighted by molar-refractivity contribution is 7.59. The van der Waals surface area contributed by atoms with Crippen LogP contribution in [0.5, 0.6) is 0 Å². The number of nitrogens with one attached hydrogen (secondary N) is 1. The van der Waals surface area contributed by atoms with Crippen molar-refractivity contribution in [3.05, 3.63) is 65.7 Å². The molecule has 2 heterocycles. The van der Waals surface area contributed by atoms with Crippen molar-refractivity contribution >= 4 is 30.9 Å². The van der Waals surface area contributed by atoms with Crippen molar-refractivity contribution in [1.82, 2.24) is 14.5 Å². The van der Waals surface area contributed by atoms with Gasteiger partial charge in [-0.25, -0.2) is 9.37 Å². The van der Waals surface area contributed by atoms with E-state index in [0.717, 1.165) is 22.6 Å². The van der Waals surface area contributed by atoms with Crippen LogP contribution in [0.1, 0.15) is 11.4 Å². The first kappa shape index (κ1) is 22.8. The summed E-state index contributed by atoms with van der Waals surface area (Å²) in [4.78, 5) is 18.8. The maximum Gasteiger partial charge on any atom is 0.242 e. The van der Waals surface area contributed by atoms with E-state index in [0.29, 0.717) is 24.6 Å². The minimum absolute atomic E-state index is 0. The molecule has 1 atom stereocenters. The minimum atomic E-state index is -0.937. The summed E-state index contributed by atoms with van der Waals surface area (Å²) >= 11 is 0. The highest BCUT2D eigenvalue weighted by Gasteiger charge is 2.29. The fraction of sp³-hybridized carbons (Fsp3) is 0.273. The van der Waals surface area contributed by atoms with Crippen LogP contribution < -0.4 is 11.1 Å². The molecule has 0 fully saturated rings. The number of benzene rings is 2. The average Bonchev–Trinajstić information content (AvgIpc) is 3.12. The molecule has 0 radical (unpaired) electrons. The number of aromatic nitrogens is 2. The second-order valence-electron chi connectivity index (χ2n) is 7.42. The van der Waals surface area contributed by atoms with E-state index >= 15 is 0 Å². The zero-order chi connectivity index (χ0) is 21.3. The lowest BCUT2D eigenvalue weighted by molar-refractivity contribution is -0.135. The number of carbonyl (C=O) groups excluding carboxylic acids is 1. The number of fused-ring (bicyclic) bond motifs is 1. The molecular weight excluding hydrogens is 417 g/mol. The van der Waals surface area contributed by atoms with E-state index in [4.69, 9.17) is 10.7 Å². The molecule has 1 aliphatic heterocycles. The maximum absolute atomic E-state index is 13.4. The number of amides is 1. The molecule has 9 heteroatoms. The van der Waals surface area contributed by atoms with Gasteiger partial charge < -0.3 is 25.6 Å². The Kier molecular flexibility index (Phi) is 6.99. The fourth-order valence-electron chi connectivity index (χ4n) is 3.54. The number of hydrogen-bond acceptors (Lipinski definition) is 5. The number of carbonyl (C=O) groups is 1. The van der Waals surface area contributed by atoms with Gasteiger partial charge in [0.15, 0.2) is 0 Å². The van der Waals surface area contributed by atoms with Gasteiger partial charge in [0.2, 0.25) is 5.91 Å². The summed E-state index contributed by atoms with van der Waals surface area (Å²) in [6.45, 7) is 2.90. The average molecular weight is 444 g/mol. The first-order valence-corrected chi connectivity index (χ1v) is 9.80. The van der Waals surface area contributed by atoms with Crippen molar-refractivity contribution in [3.8, 4) is 11.3 Å². The number of aryl methyl sites for hydroxylation is 1. The molecule has 3 aromatic rings. The molecule has 1 amide bonds. The number of halogens is 1. The van der Waals surface area contributed by atoms with Crippen LogP contribution in [0.4, 0.5) is 15.9 Å². The van der Waals surface area contributed by atoms with Gasteiger partial charge in [0, 0.05) is 24.3 Å². The summed E-state index contributed by atoms with van der Waals surface area (Å²) < 4.78 is 15.5. The number of imidazole rings is 1. The third-order valence-electron chi connectivity index (χ3n) is 5.23. The number of nitrogens with zero attached hydrogens (tertiary/aromatic N) is 3. The number of anilines is 2. The lowest BCUT2D eigenvalue weighted by atomic mass is 10.1. The summed E-state index contributed by atoms with van der Waals surface area (Å²) in [5, 5.41) is 12.6. The molecule has 4 rings (SSSR count). The molecule has 4 N–H and O–H groups in total. The molecule has 0 saturated heterocycles. The third kappa shape index (κ3) is 4.73. The van der Waals surface area contributed by atoms with Crippen LogP contribution in [0.3, 0.4) is 0 Å². The predicted octanol–water partition coefficient (Wildman–Crippen LogP) is 2.52. The first-order valence-electron chi connectivity index (χ1n) is 9.80. The summed E-state index contributed by atoms with van der Waals surface area (Å²) in [7, 11) is 0. The van der Waals surface area contributed by atoms with Crippen molar-refractivity contribution < 1.29 is 14.3 Å². The summed E-state index contributed by atoms with van der Waals surface area (Å²) in [5.41, 5.74) is 9.23. The number of rotatable bonds is 5. The van der Waals surface area contributed by atoms with Crippen LogP contribution >= 0.6 is 13.5 Å². The molecule has 0 saturated carbocycles. The van der Waals surface area contributed by atoms with E-state index in [1.54, 1.807) is 17.0 Å². The molecule has 7 nitrogen and oxygen atoms in total. The molecule has 31 heavy (non-hydrogen) atoms. The van der Waals surface area contributed by atoms with E-state index < -0.39 is 12.6 Å². The minimum Gasteiger partial charge on any atom is -0.394 e. The smallest absolute Gasteiger partial charge is 0.242 e. The Morgan fingerprint density at radius 2 is 1.87 bits per heavy atom. The van der Waals surface area contributed by atoms with Crippen molar-refractivity contribution in [1.29, 1.82) is 0 Å². The van der Waals surface area contributed by atoms with Gasteiger partial charge in [-0.15, -0.1) is 0 Å². The fourth-order valence-corrected chi connectivity index (χ4v) is 3.54. The van der Waals surface area contributed by atoms with E-state index in [1.807, 2.05) is 35.8 Å². The van der Waals surface area contributed by atoms with Gasteiger partial charge in [-0.2, -0.15) is 13.5 Å². The molecule has 0 spiro atoms. The summed E-state index contributed by atoms with van der Waals surface area (Å²) in [5.74, 6) is 0.876. The molecule has 0 bridgehead atoms. The van der Waals surface area contributed by atoms with Crippen LogP contribution in [0.2, 0.25) is 0 Å². The zero-order valence-electron chi connectivity index (χ0n) is 17.2. The molecule has 1 aliphatic rings. The van der Waals surface area contributed by atoms with Gasteiger partial charge in [0.25, 0.3) is 0 Å². The van der Waals surface area contributed by atoms with Gasteiger partial charge in [0.05, 0.1) is 13.2 Å². The SMILES string of the molecule is Cc1ccc(Nc2c(-c3ccc(F)cc3)nc3n2CCN(C(=O)[C@@H](N)CO)C3)cc1.S. The summed E-state index contributed by atoms with van der Waals surface area (Å²) in [6.07, 6.45) is 0. The predicted molar refractivity (Wildman–Crippen MR) is 123 cm³/mol. The second kappa shape index (κ2) is 9.51. The van der Waals surface area contributed by atoms with Gasteiger partial charge in [-0.3, -0.25) is 4.79 Å². The van der Waals surface area contributed by atoms with Gasteiger partial charge in [-0.05, 0) is 43.3 Å². The topological polar surface area (TPSA) is 96.4 Å². The van der Waals surface area contributed by atoms with Gasteiger partial charge in [-0.1, -0.05) is 17.7 Å². The van der Waals surface area contributed by atoms with E-state index in [-0.39, 0.29) is 31.8 Å². The largest absolute Gasteiger partial charge is 0.394 e. The van der Waals surface area contributed by atoms with E-state index in [2.05, 4.69) is 5.32 Å². The normalized spacial score (nSPS) is 13.9. The standard InChI is InChI=1S/C22H24FN5O2.H2S/c1-14-2-8-17(9-3-14)25-21-20(15-4-6-16(23)7-5-15)26-19-12-27(10-11-28(19)21)22(30)18(24)13-29;/h2-9,18,25,29H,10-13,24H2,1H3;1H2/t18-;/m0./s1. The first-order chi connectivity index (χ1) is 14.5. The number of hydrogen-bond donors (Lipinski definition) is 3. The Hall–Kier alpha value is -2.88. The zero-order valence-corrected chi connectivity index (χ0v) is 18.2. The second-order valence-corrected chi connectivity index (χ2v) is 7.42. The summed E-state index contributed by atoms with van der Waals surface area (Å²) in [6, 6.07) is 13.3. The monoisotopic (exact) mass is 443 g/mol. The molecule has 0 aliphatic carbocycles. The molecular formula is C22H26FN5O2S. The Balaban J connectivity index is 0.00000272. The number of aliphatic hydroxyl groups is 1.